The second-order valence-electron chi connectivity index (χ2n) is 2.47. The summed E-state index contributed by atoms with van der Waals surface area (Å²) < 4.78 is 19.4. The number of aromatic hydroxyl groups is 1. The Labute approximate surface area is 79.0 Å². The van der Waals surface area contributed by atoms with Crippen molar-refractivity contribution in [3.63, 3.8) is 0 Å². The number of phenolic OH excluding ortho intramolecular Hbond substituents is 1. The molecule has 1 aromatic rings. The Hall–Kier alpha value is -1.13. The molecule has 0 aromatic heterocycles. The minimum absolute atomic E-state index is 0.104. The van der Waals surface area contributed by atoms with Gasteiger partial charge in [-0.25, -0.2) is 4.21 Å². The van der Waals surface area contributed by atoms with E-state index in [1.165, 1.54) is 18.2 Å². The molecule has 3 nitrogen and oxygen atoms in total. The third kappa shape index (κ3) is 2.40. The van der Waals surface area contributed by atoms with E-state index in [0.29, 0.717) is 5.56 Å². The van der Waals surface area contributed by atoms with E-state index < -0.39 is 11.1 Å². The molecule has 0 spiro atoms. The van der Waals surface area contributed by atoms with Crippen LogP contribution in [0.4, 0.5) is 0 Å². The molecule has 70 valence electrons. The molecule has 0 saturated carbocycles. The molecule has 2 N–H and O–H groups in total. The largest absolute Gasteiger partial charge is 0.507 e. The molecule has 0 saturated heterocycles. The third-order valence-electron chi connectivity index (χ3n) is 1.55. The zero-order valence-electron chi connectivity index (χ0n) is 7.10. The highest BCUT2D eigenvalue weighted by atomic mass is 32.2. The summed E-state index contributed by atoms with van der Waals surface area (Å²) >= 11 is -2.00. The Morgan fingerprint density at radius 1 is 1.46 bits per heavy atom. The lowest BCUT2D eigenvalue weighted by molar-refractivity contribution is 0.473. The SMILES string of the molecule is CC=Cc1cc(S(=O)O)ccc1O. The van der Waals surface area contributed by atoms with Crippen molar-refractivity contribution in [1.82, 2.24) is 0 Å². The Morgan fingerprint density at radius 3 is 2.69 bits per heavy atom. The van der Waals surface area contributed by atoms with Crippen LogP contribution in [0.3, 0.4) is 0 Å². The molecule has 0 fully saturated rings. The zero-order valence-corrected chi connectivity index (χ0v) is 7.91. The van der Waals surface area contributed by atoms with Crippen LogP contribution in [0.1, 0.15) is 12.5 Å². The van der Waals surface area contributed by atoms with Crippen LogP contribution in [0.15, 0.2) is 29.2 Å². The number of hydrogen-bond donors (Lipinski definition) is 2. The molecule has 4 heteroatoms. The summed E-state index contributed by atoms with van der Waals surface area (Å²) in [5, 5.41) is 9.32. The summed E-state index contributed by atoms with van der Waals surface area (Å²) in [5.74, 6) is 0.104. The average Bonchev–Trinajstić information content (AvgIpc) is 2.08. The van der Waals surface area contributed by atoms with Crippen molar-refractivity contribution in [2.75, 3.05) is 0 Å². The van der Waals surface area contributed by atoms with Crippen molar-refractivity contribution in [2.24, 2.45) is 0 Å². The third-order valence-corrected chi connectivity index (χ3v) is 2.20. The standard InChI is InChI=1S/C9H10O3S/c1-2-3-7-6-8(13(11)12)4-5-9(7)10/h2-6,10H,1H3,(H,11,12). The fourth-order valence-electron chi connectivity index (χ4n) is 0.954. The molecular formula is C9H10O3S. The molecular weight excluding hydrogens is 188 g/mol. The molecule has 0 aliphatic carbocycles. The maximum absolute atomic E-state index is 10.7. The van der Waals surface area contributed by atoms with Gasteiger partial charge in [-0.2, -0.15) is 0 Å². The van der Waals surface area contributed by atoms with Crippen molar-refractivity contribution >= 4 is 17.2 Å². The summed E-state index contributed by atoms with van der Waals surface area (Å²) in [5.41, 5.74) is 0.544. The number of benzene rings is 1. The minimum atomic E-state index is -2.00. The van der Waals surface area contributed by atoms with Gasteiger partial charge in [-0.1, -0.05) is 12.2 Å². The smallest absolute Gasteiger partial charge is 0.186 e. The molecule has 1 unspecified atom stereocenters. The molecule has 0 radical (unpaired) electrons. The van der Waals surface area contributed by atoms with E-state index in [2.05, 4.69) is 0 Å². The van der Waals surface area contributed by atoms with Gasteiger partial charge in [0.25, 0.3) is 0 Å². The summed E-state index contributed by atoms with van der Waals surface area (Å²) in [4.78, 5) is 0.283. The fourth-order valence-corrected chi connectivity index (χ4v) is 1.37. The molecule has 0 heterocycles. The summed E-state index contributed by atoms with van der Waals surface area (Å²) in [7, 11) is 0. The number of phenols is 1. The van der Waals surface area contributed by atoms with E-state index in [4.69, 9.17) is 4.55 Å². The van der Waals surface area contributed by atoms with E-state index >= 15 is 0 Å². The van der Waals surface area contributed by atoms with Crippen LogP contribution in [0, 0.1) is 0 Å². The van der Waals surface area contributed by atoms with E-state index in [1.807, 2.05) is 6.92 Å². The second-order valence-corrected chi connectivity index (χ2v) is 3.44. The lowest BCUT2D eigenvalue weighted by Gasteiger charge is -2.00. The fraction of sp³-hybridized carbons (Fsp3) is 0.111. The first-order valence-corrected chi connectivity index (χ1v) is 4.82. The quantitative estimate of drug-likeness (QED) is 0.714. The van der Waals surface area contributed by atoms with E-state index in [0.717, 1.165) is 0 Å². The zero-order chi connectivity index (χ0) is 9.84. The predicted molar refractivity (Wildman–Crippen MR) is 51.9 cm³/mol. The maximum atomic E-state index is 10.7. The van der Waals surface area contributed by atoms with Gasteiger partial charge in [0, 0.05) is 5.56 Å². The molecule has 1 aromatic carbocycles. The van der Waals surface area contributed by atoms with Gasteiger partial charge in [0.05, 0.1) is 4.90 Å². The first-order valence-electron chi connectivity index (χ1n) is 3.71. The van der Waals surface area contributed by atoms with Gasteiger partial charge < -0.3 is 9.66 Å². The summed E-state index contributed by atoms with van der Waals surface area (Å²) in [6.45, 7) is 1.81. The average molecular weight is 198 g/mol. The molecule has 1 rings (SSSR count). The second kappa shape index (κ2) is 4.20. The normalized spacial score (nSPS) is 13.4. The molecule has 0 aliphatic heterocycles. The van der Waals surface area contributed by atoms with Crippen LogP contribution in [0.2, 0.25) is 0 Å². The Kier molecular flexibility index (Phi) is 3.22. The summed E-state index contributed by atoms with van der Waals surface area (Å²) in [6, 6.07) is 4.29. The van der Waals surface area contributed by atoms with E-state index in [-0.39, 0.29) is 10.6 Å². The van der Waals surface area contributed by atoms with Crippen molar-refractivity contribution in [2.45, 2.75) is 11.8 Å². The predicted octanol–water partition coefficient (Wildman–Crippen LogP) is 2.01. The van der Waals surface area contributed by atoms with Gasteiger partial charge in [-0.3, -0.25) is 0 Å². The number of allylic oxidation sites excluding steroid dienone is 1. The molecule has 1 atom stereocenters. The van der Waals surface area contributed by atoms with Crippen LogP contribution in [0.5, 0.6) is 5.75 Å². The lowest BCUT2D eigenvalue weighted by Crippen LogP contribution is -1.88. The highest BCUT2D eigenvalue weighted by molar-refractivity contribution is 7.79. The van der Waals surface area contributed by atoms with Gasteiger partial charge in [-0.05, 0) is 25.1 Å². The van der Waals surface area contributed by atoms with Crippen molar-refractivity contribution < 1.29 is 13.9 Å². The highest BCUT2D eigenvalue weighted by Gasteiger charge is 2.03. The Morgan fingerprint density at radius 2 is 2.15 bits per heavy atom. The van der Waals surface area contributed by atoms with Gasteiger partial charge in [-0.15, -0.1) is 0 Å². The number of hydrogen-bond acceptors (Lipinski definition) is 2. The molecule has 0 aliphatic rings. The topological polar surface area (TPSA) is 57.5 Å². The van der Waals surface area contributed by atoms with Crippen LogP contribution in [0.25, 0.3) is 6.08 Å². The first-order chi connectivity index (χ1) is 6.15. The van der Waals surface area contributed by atoms with Crippen LogP contribution in [-0.4, -0.2) is 13.9 Å². The minimum Gasteiger partial charge on any atom is -0.507 e. The van der Waals surface area contributed by atoms with Gasteiger partial charge in [0.15, 0.2) is 11.1 Å². The molecule has 0 bridgehead atoms. The lowest BCUT2D eigenvalue weighted by atomic mass is 10.2. The Bertz CT molecular complexity index is 358. The first kappa shape index (κ1) is 9.95. The van der Waals surface area contributed by atoms with Crippen molar-refractivity contribution in [1.29, 1.82) is 0 Å². The van der Waals surface area contributed by atoms with E-state index in [9.17, 15) is 9.32 Å². The van der Waals surface area contributed by atoms with Crippen LogP contribution >= 0.6 is 0 Å². The van der Waals surface area contributed by atoms with Crippen LogP contribution in [-0.2, 0) is 11.1 Å². The van der Waals surface area contributed by atoms with Crippen molar-refractivity contribution in [3.8, 4) is 5.75 Å². The molecule has 0 amide bonds. The van der Waals surface area contributed by atoms with Crippen molar-refractivity contribution in [3.05, 3.63) is 29.8 Å². The summed E-state index contributed by atoms with van der Waals surface area (Å²) in [6.07, 6.45) is 3.42. The van der Waals surface area contributed by atoms with Gasteiger partial charge >= 0.3 is 0 Å². The molecule has 13 heavy (non-hydrogen) atoms. The van der Waals surface area contributed by atoms with Gasteiger partial charge in [0.2, 0.25) is 0 Å². The highest BCUT2D eigenvalue weighted by Crippen LogP contribution is 2.21. The maximum Gasteiger partial charge on any atom is 0.186 e. The van der Waals surface area contributed by atoms with Crippen LogP contribution < -0.4 is 0 Å². The monoisotopic (exact) mass is 198 g/mol. The van der Waals surface area contributed by atoms with Gasteiger partial charge in [0.1, 0.15) is 5.75 Å². The Balaban J connectivity index is 3.18. The van der Waals surface area contributed by atoms with E-state index in [1.54, 1.807) is 12.2 Å². The number of rotatable bonds is 2.